The minimum atomic E-state index is 0.286. The highest BCUT2D eigenvalue weighted by Gasteiger charge is 2.03. The Morgan fingerprint density at radius 2 is 1.81 bits per heavy atom. The van der Waals surface area contributed by atoms with Crippen LogP contribution in [0.15, 0.2) is 28.7 Å². The van der Waals surface area contributed by atoms with Crippen LogP contribution in [0.1, 0.15) is 45.4 Å². The maximum absolute atomic E-state index is 5.73. The van der Waals surface area contributed by atoms with Crippen LogP contribution in [0.5, 0.6) is 5.75 Å². The Morgan fingerprint density at radius 1 is 1.10 bits per heavy atom. The lowest BCUT2D eigenvalue weighted by molar-refractivity contribution is 0.304. The minimum Gasteiger partial charge on any atom is -0.494 e. The fourth-order valence-electron chi connectivity index (χ4n) is 2.12. The maximum atomic E-state index is 5.73. The molecule has 0 aliphatic heterocycles. The highest BCUT2D eigenvalue weighted by atomic mass is 32.1. The van der Waals surface area contributed by atoms with Gasteiger partial charge in [-0.25, -0.2) is 5.10 Å². The van der Waals surface area contributed by atoms with Crippen LogP contribution in [0.2, 0.25) is 0 Å². The Morgan fingerprint density at radius 3 is 2.48 bits per heavy atom. The summed E-state index contributed by atoms with van der Waals surface area (Å²) >= 11 is 4.86. The van der Waals surface area contributed by atoms with E-state index in [1.54, 1.807) is 0 Å². The fourth-order valence-corrected chi connectivity index (χ4v) is 2.24. The zero-order chi connectivity index (χ0) is 14.9. The van der Waals surface area contributed by atoms with Crippen molar-refractivity contribution in [2.75, 3.05) is 6.61 Å². The van der Waals surface area contributed by atoms with E-state index >= 15 is 0 Å². The van der Waals surface area contributed by atoms with Gasteiger partial charge in [0.1, 0.15) is 5.75 Å². The third kappa shape index (κ3) is 5.34. The first-order valence-corrected chi connectivity index (χ1v) is 7.99. The van der Waals surface area contributed by atoms with Gasteiger partial charge in [-0.05, 0) is 42.9 Å². The lowest BCUT2D eigenvalue weighted by Crippen LogP contribution is -1.97. The highest BCUT2D eigenvalue weighted by molar-refractivity contribution is 7.71. The quantitative estimate of drug-likeness (QED) is 0.515. The fraction of sp³-hybridized carbons (Fsp3) is 0.500. The number of nitrogens with zero attached hydrogens (tertiary/aromatic N) is 1. The summed E-state index contributed by atoms with van der Waals surface area (Å²) in [6, 6.07) is 7.70. The number of ether oxygens (including phenoxy) is 1. The summed E-state index contributed by atoms with van der Waals surface area (Å²) in [7, 11) is 0. The first kappa shape index (κ1) is 15.8. The number of unbranched alkanes of at least 4 members (excludes halogenated alkanes) is 5. The van der Waals surface area contributed by atoms with Gasteiger partial charge in [0.05, 0.1) is 6.61 Å². The average Bonchev–Trinajstić information content (AvgIpc) is 2.93. The largest absolute Gasteiger partial charge is 0.494 e. The zero-order valence-electron chi connectivity index (χ0n) is 12.4. The predicted molar refractivity (Wildman–Crippen MR) is 86.0 cm³/mol. The predicted octanol–water partition coefficient (Wildman–Crippen LogP) is 5.14. The van der Waals surface area contributed by atoms with Crippen molar-refractivity contribution < 1.29 is 9.15 Å². The molecule has 0 bridgehead atoms. The summed E-state index contributed by atoms with van der Waals surface area (Å²) in [5.41, 5.74) is 0.884. The Hall–Kier alpha value is -1.62. The van der Waals surface area contributed by atoms with Gasteiger partial charge < -0.3 is 9.15 Å². The van der Waals surface area contributed by atoms with E-state index in [0.29, 0.717) is 5.89 Å². The van der Waals surface area contributed by atoms with Gasteiger partial charge in [0.15, 0.2) is 0 Å². The van der Waals surface area contributed by atoms with Gasteiger partial charge in [0.2, 0.25) is 5.89 Å². The molecule has 1 N–H and O–H groups in total. The molecular formula is C16H22N2O2S. The number of aromatic nitrogens is 2. The van der Waals surface area contributed by atoms with Crippen LogP contribution in [0.4, 0.5) is 0 Å². The van der Waals surface area contributed by atoms with Crippen LogP contribution < -0.4 is 4.74 Å². The molecule has 0 spiro atoms. The lowest BCUT2D eigenvalue weighted by Gasteiger charge is -2.06. The van der Waals surface area contributed by atoms with E-state index in [1.165, 1.54) is 32.1 Å². The molecule has 1 aromatic heterocycles. The molecule has 0 aliphatic rings. The second-order valence-corrected chi connectivity index (χ2v) is 5.43. The highest BCUT2D eigenvalue weighted by Crippen LogP contribution is 2.20. The molecule has 5 heteroatoms. The first-order valence-electron chi connectivity index (χ1n) is 7.58. The van der Waals surface area contributed by atoms with E-state index < -0.39 is 0 Å². The molecular weight excluding hydrogens is 284 g/mol. The third-order valence-corrected chi connectivity index (χ3v) is 3.48. The van der Waals surface area contributed by atoms with Crippen molar-refractivity contribution in [1.82, 2.24) is 10.2 Å². The topological polar surface area (TPSA) is 51.0 Å². The molecule has 2 rings (SSSR count). The Labute approximate surface area is 130 Å². The normalized spacial score (nSPS) is 10.7. The number of nitrogens with one attached hydrogen (secondary N) is 1. The van der Waals surface area contributed by atoms with Gasteiger partial charge in [0.25, 0.3) is 4.84 Å². The summed E-state index contributed by atoms with van der Waals surface area (Å²) < 4.78 is 11.0. The zero-order valence-corrected chi connectivity index (χ0v) is 13.2. The Bertz CT molecular complexity index is 574. The average molecular weight is 306 g/mol. The monoisotopic (exact) mass is 306 g/mol. The molecule has 114 valence electrons. The van der Waals surface area contributed by atoms with Crippen molar-refractivity contribution in [2.45, 2.75) is 45.4 Å². The molecule has 0 saturated heterocycles. The molecule has 0 radical (unpaired) electrons. The van der Waals surface area contributed by atoms with Gasteiger partial charge >= 0.3 is 0 Å². The smallest absolute Gasteiger partial charge is 0.284 e. The number of aromatic amines is 1. The number of rotatable bonds is 9. The van der Waals surface area contributed by atoms with Gasteiger partial charge in [-0.15, -0.1) is 5.10 Å². The maximum Gasteiger partial charge on any atom is 0.284 e. The molecule has 21 heavy (non-hydrogen) atoms. The molecule has 0 atom stereocenters. The molecule has 1 heterocycles. The van der Waals surface area contributed by atoms with Crippen molar-refractivity contribution in [3.63, 3.8) is 0 Å². The third-order valence-electron chi connectivity index (χ3n) is 3.31. The van der Waals surface area contributed by atoms with Crippen LogP contribution in [0.25, 0.3) is 11.5 Å². The molecule has 0 aliphatic carbocycles. The summed E-state index contributed by atoms with van der Waals surface area (Å²) in [5.74, 6) is 1.38. The second-order valence-electron chi connectivity index (χ2n) is 5.06. The van der Waals surface area contributed by atoms with E-state index in [1.807, 2.05) is 24.3 Å². The Balaban J connectivity index is 1.71. The van der Waals surface area contributed by atoms with Crippen LogP contribution in [-0.2, 0) is 0 Å². The minimum absolute atomic E-state index is 0.286. The molecule has 4 nitrogen and oxygen atoms in total. The summed E-state index contributed by atoms with van der Waals surface area (Å²) in [6.45, 7) is 3.01. The molecule has 0 amide bonds. The molecule has 0 saturated carbocycles. The van der Waals surface area contributed by atoms with Crippen molar-refractivity contribution in [2.24, 2.45) is 0 Å². The molecule has 2 aromatic rings. The van der Waals surface area contributed by atoms with E-state index in [0.717, 1.165) is 24.3 Å². The SMILES string of the molecule is CCCCCCCCOc1ccc(-c2n[nH]c(=S)o2)cc1. The number of hydrogen-bond acceptors (Lipinski definition) is 4. The van der Waals surface area contributed by atoms with Gasteiger partial charge in [-0.2, -0.15) is 0 Å². The molecule has 1 aromatic carbocycles. The van der Waals surface area contributed by atoms with E-state index in [4.69, 9.17) is 21.4 Å². The van der Waals surface area contributed by atoms with Crippen molar-refractivity contribution >= 4 is 12.2 Å². The van der Waals surface area contributed by atoms with Crippen LogP contribution in [0.3, 0.4) is 0 Å². The summed E-state index contributed by atoms with van der Waals surface area (Å²) in [6.07, 6.45) is 7.62. The van der Waals surface area contributed by atoms with Gasteiger partial charge in [-0.1, -0.05) is 39.0 Å². The second kappa shape index (κ2) is 8.62. The van der Waals surface area contributed by atoms with E-state index in [9.17, 15) is 0 Å². The molecule has 0 fully saturated rings. The lowest BCUT2D eigenvalue weighted by atomic mass is 10.1. The van der Waals surface area contributed by atoms with Crippen molar-refractivity contribution in [1.29, 1.82) is 0 Å². The molecule has 0 unspecified atom stereocenters. The van der Waals surface area contributed by atoms with E-state index in [2.05, 4.69) is 17.1 Å². The van der Waals surface area contributed by atoms with Crippen LogP contribution >= 0.6 is 12.2 Å². The van der Waals surface area contributed by atoms with Crippen molar-refractivity contribution in [3.05, 3.63) is 29.1 Å². The number of H-pyrrole nitrogens is 1. The van der Waals surface area contributed by atoms with Crippen LogP contribution in [-0.4, -0.2) is 16.8 Å². The number of hydrogen-bond donors (Lipinski definition) is 1. The van der Waals surface area contributed by atoms with Gasteiger partial charge in [0, 0.05) is 5.56 Å². The van der Waals surface area contributed by atoms with Crippen molar-refractivity contribution in [3.8, 4) is 17.2 Å². The van der Waals surface area contributed by atoms with Crippen LogP contribution in [0, 0.1) is 4.84 Å². The standard InChI is InChI=1S/C16H22N2O2S/c1-2-3-4-5-6-7-12-19-14-10-8-13(9-11-14)15-17-18-16(21)20-15/h8-11H,2-7,12H2,1H3,(H,18,21). The number of benzene rings is 1. The van der Waals surface area contributed by atoms with Gasteiger partial charge in [-0.3, -0.25) is 0 Å². The van der Waals surface area contributed by atoms with E-state index in [-0.39, 0.29) is 4.84 Å². The summed E-state index contributed by atoms with van der Waals surface area (Å²) in [4.78, 5) is 0.286. The first-order chi connectivity index (χ1) is 10.3. The Kier molecular flexibility index (Phi) is 6.47. The summed E-state index contributed by atoms with van der Waals surface area (Å²) in [5, 5.41) is 6.60.